The second-order valence-corrected chi connectivity index (χ2v) is 7.58. The zero-order chi connectivity index (χ0) is 15.7. The average Bonchev–Trinajstić information content (AvgIpc) is 2.40. The number of rotatable bonds is 10. The predicted molar refractivity (Wildman–Crippen MR) is 82.7 cm³/mol. The van der Waals surface area contributed by atoms with Gasteiger partial charge in [-0.25, -0.2) is 12.8 Å². The number of methoxy groups -OCH3 is 1. The van der Waals surface area contributed by atoms with Crippen molar-refractivity contribution in [3.63, 3.8) is 0 Å². The minimum absolute atomic E-state index is 0.151. The summed E-state index contributed by atoms with van der Waals surface area (Å²) < 4.78 is 40.8. The Morgan fingerprint density at radius 2 is 2.14 bits per heavy atom. The highest BCUT2D eigenvalue weighted by Crippen LogP contribution is 2.14. The van der Waals surface area contributed by atoms with Gasteiger partial charge < -0.3 is 10.1 Å². The van der Waals surface area contributed by atoms with E-state index in [1.807, 2.05) is 6.07 Å². The maximum atomic E-state index is 13.2. The van der Waals surface area contributed by atoms with Crippen LogP contribution in [0.15, 0.2) is 24.3 Å². The molecule has 0 saturated heterocycles. The molecule has 0 heterocycles. The first-order valence-corrected chi connectivity index (χ1v) is 9.08. The number of hydrogen-bond acceptors (Lipinski definition) is 4. The molecular weight excluding hydrogens is 293 g/mol. The van der Waals surface area contributed by atoms with Crippen LogP contribution in [0.3, 0.4) is 0 Å². The fourth-order valence-electron chi connectivity index (χ4n) is 2.13. The molecule has 0 saturated carbocycles. The smallest absolute Gasteiger partial charge is 0.147 e. The third-order valence-corrected chi connectivity index (χ3v) is 4.20. The molecule has 0 aliphatic heterocycles. The predicted octanol–water partition coefficient (Wildman–Crippen LogP) is 1.66. The molecule has 0 aliphatic carbocycles. The van der Waals surface area contributed by atoms with E-state index in [1.54, 1.807) is 13.2 Å². The molecule has 0 amide bonds. The molecule has 0 radical (unpaired) electrons. The molecule has 1 aromatic rings. The van der Waals surface area contributed by atoms with E-state index in [2.05, 4.69) is 5.32 Å². The lowest BCUT2D eigenvalue weighted by molar-refractivity contribution is 0.197. The molecule has 4 nitrogen and oxygen atoms in total. The third kappa shape index (κ3) is 8.80. The van der Waals surface area contributed by atoms with Crippen LogP contribution in [0.1, 0.15) is 12.0 Å². The number of nitrogens with one attached hydrogen (secondary N) is 1. The van der Waals surface area contributed by atoms with Gasteiger partial charge in [0.05, 0.1) is 12.4 Å². The maximum absolute atomic E-state index is 13.2. The molecule has 21 heavy (non-hydrogen) atoms. The van der Waals surface area contributed by atoms with Gasteiger partial charge in [0.15, 0.2) is 0 Å². The summed E-state index contributed by atoms with van der Waals surface area (Å²) in [6.07, 6.45) is 2.47. The molecule has 120 valence electrons. The fourth-order valence-corrected chi connectivity index (χ4v) is 2.90. The van der Waals surface area contributed by atoms with Gasteiger partial charge in [0.25, 0.3) is 0 Å². The summed E-state index contributed by atoms with van der Waals surface area (Å²) in [7, 11) is -1.35. The summed E-state index contributed by atoms with van der Waals surface area (Å²) >= 11 is 0. The van der Waals surface area contributed by atoms with Crippen LogP contribution in [-0.2, 0) is 21.0 Å². The Balaban J connectivity index is 2.57. The topological polar surface area (TPSA) is 55.4 Å². The summed E-state index contributed by atoms with van der Waals surface area (Å²) in [6, 6.07) is 6.46. The molecule has 0 bridgehead atoms. The largest absolute Gasteiger partial charge is 0.383 e. The summed E-state index contributed by atoms with van der Waals surface area (Å²) in [5.74, 6) is 0.0407. The third-order valence-electron chi connectivity index (χ3n) is 3.23. The van der Waals surface area contributed by atoms with Crippen molar-refractivity contribution in [3.05, 3.63) is 35.6 Å². The van der Waals surface area contributed by atoms with Crippen LogP contribution >= 0.6 is 0 Å². The van der Waals surface area contributed by atoms with Gasteiger partial charge in [0.1, 0.15) is 15.7 Å². The summed E-state index contributed by atoms with van der Waals surface area (Å²) in [5.41, 5.74) is 0.891. The van der Waals surface area contributed by atoms with E-state index in [9.17, 15) is 12.8 Å². The van der Waals surface area contributed by atoms with Crippen LogP contribution < -0.4 is 5.32 Å². The molecule has 1 rings (SSSR count). The first kappa shape index (κ1) is 18.1. The molecule has 1 aromatic carbocycles. The van der Waals surface area contributed by atoms with E-state index >= 15 is 0 Å². The first-order chi connectivity index (χ1) is 9.90. The monoisotopic (exact) mass is 317 g/mol. The minimum Gasteiger partial charge on any atom is -0.383 e. The van der Waals surface area contributed by atoms with Gasteiger partial charge >= 0.3 is 0 Å². The van der Waals surface area contributed by atoms with Crippen molar-refractivity contribution in [2.45, 2.75) is 12.8 Å². The van der Waals surface area contributed by atoms with Crippen molar-refractivity contribution >= 4 is 9.84 Å². The second-order valence-electron chi connectivity index (χ2n) is 5.32. The molecule has 1 N–H and O–H groups in total. The highest BCUT2D eigenvalue weighted by atomic mass is 32.2. The number of sulfone groups is 1. The lowest BCUT2D eigenvalue weighted by Gasteiger charge is -2.17. The van der Waals surface area contributed by atoms with E-state index < -0.39 is 9.84 Å². The van der Waals surface area contributed by atoms with E-state index in [0.717, 1.165) is 12.1 Å². The fraction of sp³-hybridized carbons (Fsp3) is 0.600. The molecule has 6 heteroatoms. The van der Waals surface area contributed by atoms with Crippen molar-refractivity contribution in [2.75, 3.05) is 38.8 Å². The van der Waals surface area contributed by atoms with Crippen LogP contribution in [0.4, 0.5) is 4.39 Å². The molecule has 0 spiro atoms. The quantitative estimate of drug-likeness (QED) is 0.667. The van der Waals surface area contributed by atoms with Crippen molar-refractivity contribution in [1.82, 2.24) is 5.32 Å². The van der Waals surface area contributed by atoms with Gasteiger partial charge in [-0.1, -0.05) is 12.1 Å². The van der Waals surface area contributed by atoms with Gasteiger partial charge in [0, 0.05) is 19.9 Å². The molecule has 0 aromatic heterocycles. The van der Waals surface area contributed by atoms with Crippen LogP contribution in [0.25, 0.3) is 0 Å². The van der Waals surface area contributed by atoms with Crippen molar-refractivity contribution in [1.29, 1.82) is 0 Å². The minimum atomic E-state index is -2.98. The Morgan fingerprint density at radius 3 is 2.76 bits per heavy atom. The zero-order valence-electron chi connectivity index (χ0n) is 12.6. The lowest BCUT2D eigenvalue weighted by Crippen LogP contribution is -2.28. The van der Waals surface area contributed by atoms with Crippen LogP contribution in [0.5, 0.6) is 0 Å². The number of halogens is 1. The van der Waals surface area contributed by atoms with Crippen molar-refractivity contribution < 1.29 is 17.5 Å². The lowest BCUT2D eigenvalue weighted by atomic mass is 9.96. The van der Waals surface area contributed by atoms with Gasteiger partial charge in [0.2, 0.25) is 0 Å². The molecule has 1 atom stereocenters. The number of hydrogen-bond donors (Lipinski definition) is 1. The van der Waals surface area contributed by atoms with E-state index in [0.29, 0.717) is 26.0 Å². The Labute approximate surface area is 126 Å². The van der Waals surface area contributed by atoms with Crippen LogP contribution in [0.2, 0.25) is 0 Å². The Morgan fingerprint density at radius 1 is 1.38 bits per heavy atom. The van der Waals surface area contributed by atoms with Gasteiger partial charge in [-0.05, 0) is 43.0 Å². The van der Waals surface area contributed by atoms with Crippen LogP contribution in [-0.4, -0.2) is 47.2 Å². The van der Waals surface area contributed by atoms with E-state index in [-0.39, 0.29) is 17.5 Å². The molecule has 0 fully saturated rings. The highest BCUT2D eigenvalue weighted by molar-refractivity contribution is 7.90. The van der Waals surface area contributed by atoms with E-state index in [4.69, 9.17) is 4.74 Å². The average molecular weight is 317 g/mol. The normalized spacial score (nSPS) is 13.3. The zero-order valence-corrected chi connectivity index (χ0v) is 13.5. The molecular formula is C15H24FNO3S. The SMILES string of the molecule is COCCNCC(CCS(C)(=O)=O)Cc1cccc(F)c1. The van der Waals surface area contributed by atoms with Gasteiger partial charge in [-0.15, -0.1) is 0 Å². The van der Waals surface area contributed by atoms with Crippen molar-refractivity contribution in [3.8, 4) is 0 Å². The maximum Gasteiger partial charge on any atom is 0.147 e. The van der Waals surface area contributed by atoms with E-state index in [1.165, 1.54) is 18.4 Å². The number of ether oxygens (including phenoxy) is 1. The van der Waals surface area contributed by atoms with Crippen molar-refractivity contribution in [2.24, 2.45) is 5.92 Å². The Bertz CT molecular complexity index is 519. The van der Waals surface area contributed by atoms with Gasteiger partial charge in [-0.3, -0.25) is 0 Å². The van der Waals surface area contributed by atoms with Crippen LogP contribution in [0, 0.1) is 11.7 Å². The Kier molecular flexibility index (Phi) is 7.85. The number of benzene rings is 1. The Hall–Kier alpha value is -0.980. The summed E-state index contributed by atoms with van der Waals surface area (Å²) in [6.45, 7) is 2.02. The molecule has 0 aliphatic rings. The summed E-state index contributed by atoms with van der Waals surface area (Å²) in [5, 5.41) is 3.24. The second kappa shape index (κ2) is 9.12. The summed E-state index contributed by atoms with van der Waals surface area (Å²) in [4.78, 5) is 0. The highest BCUT2D eigenvalue weighted by Gasteiger charge is 2.13. The van der Waals surface area contributed by atoms with Gasteiger partial charge in [-0.2, -0.15) is 0 Å². The first-order valence-electron chi connectivity index (χ1n) is 7.02. The standard InChI is InChI=1S/C15H24FNO3S/c1-20-8-7-17-12-14(6-9-21(2,18)19)10-13-4-3-5-15(16)11-13/h3-5,11,14,17H,6-10,12H2,1-2H3. The molecule has 1 unspecified atom stereocenters.